The minimum absolute atomic E-state index is 0.236. The summed E-state index contributed by atoms with van der Waals surface area (Å²) in [5, 5.41) is 12.6. The van der Waals surface area contributed by atoms with Gasteiger partial charge in [0.2, 0.25) is 0 Å². The van der Waals surface area contributed by atoms with E-state index in [1.54, 1.807) is 19.1 Å². The first-order valence-corrected chi connectivity index (χ1v) is 11.0. The van der Waals surface area contributed by atoms with Gasteiger partial charge in [0.05, 0.1) is 6.10 Å². The van der Waals surface area contributed by atoms with Crippen molar-refractivity contribution in [1.29, 1.82) is 0 Å². The summed E-state index contributed by atoms with van der Waals surface area (Å²) in [4.78, 5) is 15.2. The zero-order valence-electron chi connectivity index (χ0n) is 18.6. The number of carbonyl (C=O) groups excluding carboxylic acids is 1. The van der Waals surface area contributed by atoms with Gasteiger partial charge in [0.15, 0.2) is 0 Å². The van der Waals surface area contributed by atoms with Gasteiger partial charge in [0.1, 0.15) is 5.75 Å². The molecule has 2 N–H and O–H groups in total. The van der Waals surface area contributed by atoms with Gasteiger partial charge in [0, 0.05) is 30.0 Å². The lowest BCUT2D eigenvalue weighted by atomic mass is 9.96. The van der Waals surface area contributed by atoms with Gasteiger partial charge >= 0.3 is 6.36 Å². The van der Waals surface area contributed by atoms with Gasteiger partial charge in [-0.2, -0.15) is 0 Å². The minimum atomic E-state index is -4.75. The molecule has 0 atom stereocenters. The molecule has 1 amide bonds. The van der Waals surface area contributed by atoms with Crippen LogP contribution in [0.25, 0.3) is 11.1 Å². The summed E-state index contributed by atoms with van der Waals surface area (Å²) in [5.74, 6) is -0.572. The third kappa shape index (κ3) is 5.69. The fraction of sp³-hybridized carbons (Fsp3) is 0.269. The predicted molar refractivity (Wildman–Crippen MR) is 125 cm³/mol. The molecule has 1 fully saturated rings. The Labute approximate surface area is 195 Å². The fourth-order valence-electron chi connectivity index (χ4n) is 4.11. The van der Waals surface area contributed by atoms with Crippen LogP contribution in [0.1, 0.15) is 28.8 Å². The second-order valence-electron chi connectivity index (χ2n) is 8.27. The summed E-state index contributed by atoms with van der Waals surface area (Å²) in [5.41, 5.74) is 4.31. The quantitative estimate of drug-likeness (QED) is 0.497. The van der Waals surface area contributed by atoms with E-state index in [0.29, 0.717) is 22.4 Å². The second-order valence-corrected chi connectivity index (χ2v) is 8.27. The Hall–Kier alpha value is -3.52. The third-order valence-electron chi connectivity index (χ3n) is 5.93. The van der Waals surface area contributed by atoms with Gasteiger partial charge in [-0.25, -0.2) is 0 Å². The number of carbonyl (C=O) groups is 1. The van der Waals surface area contributed by atoms with Crippen LogP contribution in [-0.4, -0.2) is 36.6 Å². The number of piperidine rings is 1. The van der Waals surface area contributed by atoms with Crippen LogP contribution in [0.5, 0.6) is 5.75 Å². The number of aliphatic hydroxyl groups is 1. The van der Waals surface area contributed by atoms with Crippen molar-refractivity contribution in [2.75, 3.05) is 23.3 Å². The van der Waals surface area contributed by atoms with Crippen LogP contribution in [0.4, 0.5) is 24.5 Å². The first-order valence-electron chi connectivity index (χ1n) is 11.0. The van der Waals surface area contributed by atoms with E-state index in [4.69, 9.17) is 0 Å². The summed E-state index contributed by atoms with van der Waals surface area (Å²) in [7, 11) is 0. The highest BCUT2D eigenvalue weighted by Crippen LogP contribution is 2.30. The summed E-state index contributed by atoms with van der Waals surface area (Å²) in [6, 6.07) is 18.4. The maximum atomic E-state index is 13.0. The van der Waals surface area contributed by atoms with E-state index in [1.165, 1.54) is 24.3 Å². The van der Waals surface area contributed by atoms with Gasteiger partial charge in [-0.1, -0.05) is 24.3 Å². The summed E-state index contributed by atoms with van der Waals surface area (Å²) < 4.78 is 41.1. The molecule has 0 spiro atoms. The zero-order chi connectivity index (χ0) is 24.3. The van der Waals surface area contributed by atoms with Crippen LogP contribution in [0, 0.1) is 6.92 Å². The molecule has 0 unspecified atom stereocenters. The average molecular weight is 470 g/mol. The molecule has 1 aliphatic heterocycles. The van der Waals surface area contributed by atoms with Crippen molar-refractivity contribution in [3.05, 3.63) is 77.9 Å². The van der Waals surface area contributed by atoms with Crippen LogP contribution < -0.4 is 15.0 Å². The molecule has 3 aromatic carbocycles. The van der Waals surface area contributed by atoms with Gasteiger partial charge in [-0.15, -0.1) is 13.2 Å². The number of nitrogens with zero attached hydrogens (tertiary/aromatic N) is 1. The Morgan fingerprint density at radius 3 is 2.26 bits per heavy atom. The molecule has 1 heterocycles. The maximum absolute atomic E-state index is 13.0. The van der Waals surface area contributed by atoms with Crippen molar-refractivity contribution in [3.8, 4) is 16.9 Å². The lowest BCUT2D eigenvalue weighted by molar-refractivity contribution is -0.274. The van der Waals surface area contributed by atoms with Crippen LogP contribution in [0.15, 0.2) is 66.7 Å². The number of hydrogen-bond donors (Lipinski definition) is 2. The number of halogens is 3. The van der Waals surface area contributed by atoms with Gasteiger partial charge in [-0.05, 0) is 78.9 Å². The number of alkyl halides is 3. The number of rotatable bonds is 5. The Morgan fingerprint density at radius 1 is 1.00 bits per heavy atom. The molecular weight excluding hydrogens is 445 g/mol. The molecular formula is C26H25F3N2O3. The van der Waals surface area contributed by atoms with Gasteiger partial charge in [-0.3, -0.25) is 4.79 Å². The van der Waals surface area contributed by atoms with Gasteiger partial charge < -0.3 is 20.1 Å². The predicted octanol–water partition coefficient (Wildman–Crippen LogP) is 5.77. The van der Waals surface area contributed by atoms with E-state index in [9.17, 15) is 23.1 Å². The maximum Gasteiger partial charge on any atom is 0.573 e. The monoisotopic (exact) mass is 470 g/mol. The topological polar surface area (TPSA) is 61.8 Å². The normalized spacial score (nSPS) is 14.7. The highest BCUT2D eigenvalue weighted by Gasteiger charge is 2.31. The standard InChI is InChI=1S/C26H25F3N2O3/c1-17-23(18-5-11-22(12-6-18)34-26(27,28)29)3-2-4-24(17)25(33)30-19-7-9-20(10-8-19)31-15-13-21(32)14-16-31/h2-12,21,32H,13-16H2,1H3,(H,30,33). The molecule has 0 saturated carbocycles. The molecule has 0 bridgehead atoms. The SMILES string of the molecule is Cc1c(C(=O)Nc2ccc(N3CCC(O)CC3)cc2)cccc1-c1ccc(OC(F)(F)F)cc1. The Bertz CT molecular complexity index is 1140. The molecule has 1 aliphatic rings. The van der Waals surface area contributed by atoms with Crippen LogP contribution in [-0.2, 0) is 0 Å². The highest BCUT2D eigenvalue weighted by molar-refractivity contribution is 6.06. The molecule has 8 heteroatoms. The first-order chi connectivity index (χ1) is 16.2. The first kappa shape index (κ1) is 23.6. The number of hydrogen-bond acceptors (Lipinski definition) is 4. The van der Waals surface area contributed by atoms with E-state index < -0.39 is 6.36 Å². The molecule has 178 valence electrons. The van der Waals surface area contributed by atoms with Crippen molar-refractivity contribution in [3.63, 3.8) is 0 Å². The van der Waals surface area contributed by atoms with Crippen molar-refractivity contribution in [2.24, 2.45) is 0 Å². The second kappa shape index (κ2) is 9.77. The van der Waals surface area contributed by atoms with E-state index in [0.717, 1.165) is 37.2 Å². The lowest BCUT2D eigenvalue weighted by Crippen LogP contribution is -2.35. The van der Waals surface area contributed by atoms with E-state index in [2.05, 4.69) is 15.0 Å². The number of benzene rings is 3. The fourth-order valence-corrected chi connectivity index (χ4v) is 4.11. The number of anilines is 2. The molecule has 0 radical (unpaired) electrons. The summed E-state index contributed by atoms with van der Waals surface area (Å²) in [6.07, 6.45) is -3.50. The molecule has 0 aliphatic carbocycles. The Balaban J connectivity index is 1.46. The largest absolute Gasteiger partial charge is 0.573 e. The Kier molecular flexibility index (Phi) is 6.79. The van der Waals surface area contributed by atoms with Crippen LogP contribution >= 0.6 is 0 Å². The highest BCUT2D eigenvalue weighted by atomic mass is 19.4. The molecule has 0 aromatic heterocycles. The number of ether oxygens (including phenoxy) is 1. The molecule has 34 heavy (non-hydrogen) atoms. The zero-order valence-corrected chi connectivity index (χ0v) is 18.6. The molecule has 5 nitrogen and oxygen atoms in total. The number of aliphatic hydroxyl groups excluding tert-OH is 1. The minimum Gasteiger partial charge on any atom is -0.406 e. The third-order valence-corrected chi connectivity index (χ3v) is 5.93. The van der Waals surface area contributed by atoms with E-state index >= 15 is 0 Å². The van der Waals surface area contributed by atoms with Crippen molar-refractivity contribution >= 4 is 17.3 Å². The molecule has 4 rings (SSSR count). The van der Waals surface area contributed by atoms with Crippen LogP contribution in [0.3, 0.4) is 0 Å². The Morgan fingerprint density at radius 2 is 1.65 bits per heavy atom. The molecule has 1 saturated heterocycles. The smallest absolute Gasteiger partial charge is 0.406 e. The lowest BCUT2D eigenvalue weighted by Gasteiger charge is -2.31. The summed E-state index contributed by atoms with van der Waals surface area (Å²) in [6.45, 7) is 3.39. The van der Waals surface area contributed by atoms with Crippen molar-refractivity contribution < 1.29 is 27.8 Å². The van der Waals surface area contributed by atoms with E-state index in [1.807, 2.05) is 30.3 Å². The number of nitrogens with one attached hydrogen (secondary N) is 1. The molecule has 3 aromatic rings. The van der Waals surface area contributed by atoms with E-state index in [-0.39, 0.29) is 17.8 Å². The summed E-state index contributed by atoms with van der Waals surface area (Å²) >= 11 is 0. The van der Waals surface area contributed by atoms with Crippen molar-refractivity contribution in [2.45, 2.75) is 32.2 Å². The average Bonchev–Trinajstić information content (AvgIpc) is 2.80. The number of amides is 1. The van der Waals surface area contributed by atoms with Gasteiger partial charge in [0.25, 0.3) is 5.91 Å². The van der Waals surface area contributed by atoms with Crippen LogP contribution in [0.2, 0.25) is 0 Å². The van der Waals surface area contributed by atoms with Crippen molar-refractivity contribution in [1.82, 2.24) is 0 Å².